The van der Waals surface area contributed by atoms with Gasteiger partial charge in [-0.05, 0) is 49.6 Å². The second-order valence-corrected chi connectivity index (χ2v) is 6.79. The van der Waals surface area contributed by atoms with E-state index in [0.29, 0.717) is 0 Å². The van der Waals surface area contributed by atoms with Gasteiger partial charge >= 0.3 is 0 Å². The third-order valence-electron chi connectivity index (χ3n) is 3.96. The number of aryl methyl sites for hydroxylation is 1. The number of fused-ring (bicyclic) bond motifs is 1. The van der Waals surface area contributed by atoms with E-state index in [-0.39, 0.29) is 0 Å². The third-order valence-corrected chi connectivity index (χ3v) is 5.00. The smallest absolute Gasteiger partial charge is 0.123 e. The summed E-state index contributed by atoms with van der Waals surface area (Å²) in [6.45, 7) is 5.35. The lowest BCUT2D eigenvalue weighted by atomic mass is 10.00. The first-order valence-corrected chi connectivity index (χ1v) is 8.59. The van der Waals surface area contributed by atoms with E-state index in [1.165, 1.54) is 41.0 Å². The molecule has 0 spiro atoms. The van der Waals surface area contributed by atoms with Crippen molar-refractivity contribution in [1.29, 1.82) is 0 Å². The van der Waals surface area contributed by atoms with Crippen LogP contribution in [0.15, 0.2) is 24.4 Å². The molecule has 1 aliphatic rings. The average Bonchev–Trinajstić information content (AvgIpc) is 2.96. The summed E-state index contributed by atoms with van der Waals surface area (Å²) in [5.74, 6) is 0. The Hall–Kier alpha value is -1.39. The zero-order chi connectivity index (χ0) is 14.7. The Kier molecular flexibility index (Phi) is 4.56. The summed E-state index contributed by atoms with van der Waals surface area (Å²) in [7, 11) is 2.18. The highest BCUT2D eigenvalue weighted by molar-refractivity contribution is 7.15. The highest BCUT2D eigenvalue weighted by Gasteiger charge is 2.15. The van der Waals surface area contributed by atoms with Gasteiger partial charge in [0.25, 0.3) is 0 Å². The van der Waals surface area contributed by atoms with Gasteiger partial charge in [-0.25, -0.2) is 4.98 Å². The van der Waals surface area contributed by atoms with Gasteiger partial charge in [0.1, 0.15) is 5.01 Å². The van der Waals surface area contributed by atoms with Crippen LogP contribution in [0, 0.1) is 0 Å². The summed E-state index contributed by atoms with van der Waals surface area (Å²) >= 11 is 1.80. The minimum absolute atomic E-state index is 0.930. The van der Waals surface area contributed by atoms with E-state index >= 15 is 0 Å². The first kappa shape index (κ1) is 14.5. The Labute approximate surface area is 131 Å². The monoisotopic (exact) mass is 301 g/mol. The molecule has 0 fully saturated rings. The second kappa shape index (κ2) is 6.58. The zero-order valence-electron chi connectivity index (χ0n) is 12.9. The van der Waals surface area contributed by atoms with E-state index in [4.69, 9.17) is 0 Å². The minimum atomic E-state index is 0.930. The average molecular weight is 301 g/mol. The minimum Gasteiger partial charge on any atom is -0.374 e. The van der Waals surface area contributed by atoms with E-state index in [1.807, 2.05) is 6.20 Å². The van der Waals surface area contributed by atoms with Crippen molar-refractivity contribution in [2.45, 2.75) is 32.7 Å². The largest absolute Gasteiger partial charge is 0.374 e. The standard InChI is InChI=1S/C17H23N3S/c1-3-8-18-11-15-12-19-17(21-15)14-6-7-16-13(10-14)5-4-9-20(16)2/h6-7,10,12,18H,3-5,8-9,11H2,1-2H3. The summed E-state index contributed by atoms with van der Waals surface area (Å²) in [5.41, 5.74) is 4.10. The van der Waals surface area contributed by atoms with Gasteiger partial charge in [0, 0.05) is 42.5 Å². The number of aromatic nitrogens is 1. The first-order chi connectivity index (χ1) is 10.3. The molecule has 0 saturated carbocycles. The zero-order valence-corrected chi connectivity index (χ0v) is 13.7. The van der Waals surface area contributed by atoms with E-state index in [1.54, 1.807) is 11.3 Å². The fourth-order valence-electron chi connectivity index (χ4n) is 2.83. The molecule has 1 N–H and O–H groups in total. The van der Waals surface area contributed by atoms with Gasteiger partial charge < -0.3 is 10.2 Å². The van der Waals surface area contributed by atoms with Crippen LogP contribution in [0.2, 0.25) is 0 Å². The topological polar surface area (TPSA) is 28.2 Å². The molecule has 0 atom stereocenters. The Morgan fingerprint density at radius 2 is 2.29 bits per heavy atom. The molecule has 112 valence electrons. The fourth-order valence-corrected chi connectivity index (χ4v) is 3.71. The fraction of sp³-hybridized carbons (Fsp3) is 0.471. The van der Waals surface area contributed by atoms with E-state index in [2.05, 4.69) is 47.4 Å². The normalized spacial score (nSPS) is 14.3. The number of thiazole rings is 1. The molecule has 0 radical (unpaired) electrons. The van der Waals surface area contributed by atoms with E-state index in [9.17, 15) is 0 Å². The van der Waals surface area contributed by atoms with Crippen LogP contribution >= 0.6 is 11.3 Å². The maximum atomic E-state index is 4.60. The molecule has 1 aromatic carbocycles. The lowest BCUT2D eigenvalue weighted by molar-refractivity contribution is 0.681. The van der Waals surface area contributed by atoms with Gasteiger partial charge in [0.05, 0.1) is 0 Å². The quantitative estimate of drug-likeness (QED) is 0.854. The van der Waals surface area contributed by atoms with Crippen molar-refractivity contribution in [1.82, 2.24) is 10.3 Å². The van der Waals surface area contributed by atoms with Crippen molar-refractivity contribution in [3.8, 4) is 10.6 Å². The van der Waals surface area contributed by atoms with Crippen LogP contribution in [0.3, 0.4) is 0 Å². The number of hydrogen-bond acceptors (Lipinski definition) is 4. The van der Waals surface area contributed by atoms with Crippen molar-refractivity contribution in [2.24, 2.45) is 0 Å². The molecule has 0 saturated heterocycles. The molecule has 4 heteroatoms. The molecule has 0 bridgehead atoms. The maximum Gasteiger partial charge on any atom is 0.123 e. The molecule has 3 nitrogen and oxygen atoms in total. The van der Waals surface area contributed by atoms with Gasteiger partial charge in [-0.1, -0.05) is 6.92 Å². The predicted octanol–water partition coefficient (Wildman–Crippen LogP) is 3.69. The van der Waals surface area contributed by atoms with E-state index in [0.717, 1.165) is 24.6 Å². The van der Waals surface area contributed by atoms with Gasteiger partial charge in [0.15, 0.2) is 0 Å². The number of rotatable bonds is 5. The molecule has 1 aliphatic heterocycles. The molecule has 21 heavy (non-hydrogen) atoms. The number of benzene rings is 1. The van der Waals surface area contributed by atoms with Gasteiger partial charge in [-0.15, -0.1) is 11.3 Å². The maximum absolute atomic E-state index is 4.60. The third kappa shape index (κ3) is 3.27. The van der Waals surface area contributed by atoms with Crippen LogP contribution in [0.5, 0.6) is 0 Å². The lowest BCUT2D eigenvalue weighted by Crippen LogP contribution is -2.24. The Morgan fingerprint density at radius 3 is 3.14 bits per heavy atom. The van der Waals surface area contributed by atoms with E-state index < -0.39 is 0 Å². The highest BCUT2D eigenvalue weighted by atomic mass is 32.1. The number of hydrogen-bond donors (Lipinski definition) is 1. The first-order valence-electron chi connectivity index (χ1n) is 7.78. The molecule has 0 aliphatic carbocycles. The molecule has 1 aromatic heterocycles. The SMILES string of the molecule is CCCNCc1cnc(-c2ccc3c(c2)CCCN3C)s1. The Morgan fingerprint density at radius 1 is 1.38 bits per heavy atom. The van der Waals surface area contributed by atoms with Crippen LogP contribution in [0.1, 0.15) is 30.2 Å². The summed E-state index contributed by atoms with van der Waals surface area (Å²) in [6.07, 6.45) is 5.61. The number of nitrogens with one attached hydrogen (secondary N) is 1. The summed E-state index contributed by atoms with van der Waals surface area (Å²) < 4.78 is 0. The lowest BCUT2D eigenvalue weighted by Gasteiger charge is -2.27. The van der Waals surface area contributed by atoms with Gasteiger partial charge in [0.2, 0.25) is 0 Å². The highest BCUT2D eigenvalue weighted by Crippen LogP contribution is 2.32. The molecule has 0 amide bonds. The van der Waals surface area contributed by atoms with Crippen LogP contribution in [0.4, 0.5) is 5.69 Å². The summed E-state index contributed by atoms with van der Waals surface area (Å²) in [6, 6.07) is 6.79. The molecule has 2 aromatic rings. The molecular weight excluding hydrogens is 278 g/mol. The van der Waals surface area contributed by atoms with Crippen LogP contribution in [-0.2, 0) is 13.0 Å². The van der Waals surface area contributed by atoms with Crippen LogP contribution in [-0.4, -0.2) is 25.1 Å². The predicted molar refractivity (Wildman–Crippen MR) is 91.1 cm³/mol. The van der Waals surface area contributed by atoms with Crippen LogP contribution < -0.4 is 10.2 Å². The Balaban J connectivity index is 1.78. The van der Waals surface area contributed by atoms with Crippen LogP contribution in [0.25, 0.3) is 10.6 Å². The number of anilines is 1. The van der Waals surface area contributed by atoms with Crippen molar-refractivity contribution in [2.75, 3.05) is 25.0 Å². The molecule has 0 unspecified atom stereocenters. The molecule has 3 rings (SSSR count). The summed E-state index contributed by atoms with van der Waals surface area (Å²) in [5, 5.41) is 4.57. The summed E-state index contributed by atoms with van der Waals surface area (Å²) in [4.78, 5) is 8.26. The Bertz CT molecular complexity index is 606. The van der Waals surface area contributed by atoms with Crippen molar-refractivity contribution in [3.63, 3.8) is 0 Å². The van der Waals surface area contributed by atoms with Crippen molar-refractivity contribution >= 4 is 17.0 Å². The van der Waals surface area contributed by atoms with Crippen molar-refractivity contribution < 1.29 is 0 Å². The van der Waals surface area contributed by atoms with Gasteiger partial charge in [-0.2, -0.15) is 0 Å². The van der Waals surface area contributed by atoms with Crippen molar-refractivity contribution in [3.05, 3.63) is 34.8 Å². The van der Waals surface area contributed by atoms with Gasteiger partial charge in [-0.3, -0.25) is 0 Å². The molecule has 2 heterocycles. The molecular formula is C17H23N3S. The number of nitrogens with zero attached hydrogens (tertiary/aromatic N) is 2. The second-order valence-electron chi connectivity index (χ2n) is 5.68.